The summed E-state index contributed by atoms with van der Waals surface area (Å²) in [6.07, 6.45) is -1.33. The molecule has 0 aliphatic rings. The second kappa shape index (κ2) is 8.92. The van der Waals surface area contributed by atoms with Crippen molar-refractivity contribution in [2.24, 2.45) is 0 Å². The fourth-order valence-corrected chi connectivity index (χ4v) is 3.06. The maximum Gasteiger partial charge on any atom is 0.416 e. The van der Waals surface area contributed by atoms with Gasteiger partial charge >= 0.3 is 6.18 Å². The number of thiocarbonyl (C=S) groups is 1. The van der Waals surface area contributed by atoms with Crippen molar-refractivity contribution in [3.8, 4) is 0 Å². The molecule has 0 unspecified atom stereocenters. The van der Waals surface area contributed by atoms with Crippen LogP contribution in [0.4, 0.5) is 24.5 Å². The molecule has 0 bridgehead atoms. The van der Waals surface area contributed by atoms with Gasteiger partial charge in [0.15, 0.2) is 23.1 Å². The number of aromatic nitrogens is 1. The molecule has 3 rings (SSSR count). The summed E-state index contributed by atoms with van der Waals surface area (Å²) in [4.78, 5) is 10.2. The summed E-state index contributed by atoms with van der Waals surface area (Å²) in [5.74, 6) is -0.310. The number of nitro benzene ring substituents is 1. The van der Waals surface area contributed by atoms with Crippen LogP contribution in [0.3, 0.4) is 0 Å². The lowest BCUT2D eigenvalue weighted by atomic mass is 10.1. The molecular formula is C21H15F3N3O3S+. The van der Waals surface area contributed by atoms with E-state index in [0.29, 0.717) is 0 Å². The van der Waals surface area contributed by atoms with Crippen molar-refractivity contribution in [1.29, 1.82) is 0 Å². The maximum atomic E-state index is 13.0. The van der Waals surface area contributed by atoms with E-state index in [1.165, 1.54) is 41.0 Å². The van der Waals surface area contributed by atoms with Crippen molar-refractivity contribution in [2.45, 2.75) is 6.18 Å². The standard InChI is InChI=1S/C21H14F3N3O3S/c22-21(23,24)15-5-4-6-16(13-15)25-20(31)18(26-11-2-1-3-12-26)19(28)14-7-9-17(10-8-14)27(29)30/h1-13H,(H-,25,28,31)/p+1. The van der Waals surface area contributed by atoms with Gasteiger partial charge in [-0.1, -0.05) is 24.4 Å². The fraction of sp³-hybridized carbons (Fsp3) is 0.0476. The number of pyridine rings is 1. The fourth-order valence-electron chi connectivity index (χ4n) is 2.74. The predicted octanol–water partition coefficient (Wildman–Crippen LogP) is 5.22. The highest BCUT2D eigenvalue weighted by Crippen LogP contribution is 2.31. The number of non-ortho nitro benzene ring substituents is 1. The highest BCUT2D eigenvalue weighted by molar-refractivity contribution is 7.81. The number of aliphatic hydroxyl groups is 1. The van der Waals surface area contributed by atoms with Crippen LogP contribution in [0.2, 0.25) is 0 Å². The molecule has 0 aliphatic carbocycles. The average molecular weight is 446 g/mol. The number of nitrogens with zero attached hydrogens (tertiary/aromatic N) is 2. The molecule has 3 aromatic rings. The van der Waals surface area contributed by atoms with Crippen LogP contribution < -0.4 is 9.88 Å². The molecule has 158 valence electrons. The Hall–Kier alpha value is -3.79. The van der Waals surface area contributed by atoms with Gasteiger partial charge in [0.1, 0.15) is 0 Å². The van der Waals surface area contributed by atoms with Crippen LogP contribution in [0.1, 0.15) is 11.1 Å². The molecule has 2 aromatic carbocycles. The zero-order chi connectivity index (χ0) is 22.6. The van der Waals surface area contributed by atoms with Gasteiger partial charge < -0.3 is 10.4 Å². The minimum atomic E-state index is -4.52. The third kappa shape index (κ3) is 5.23. The van der Waals surface area contributed by atoms with Crippen LogP contribution in [0.25, 0.3) is 11.5 Å². The largest absolute Gasteiger partial charge is 0.502 e. The Labute approximate surface area is 180 Å². The minimum absolute atomic E-state index is 0.0497. The number of anilines is 1. The van der Waals surface area contributed by atoms with Gasteiger partial charge in [0.25, 0.3) is 11.4 Å². The van der Waals surface area contributed by atoms with E-state index in [1.807, 2.05) is 0 Å². The van der Waals surface area contributed by atoms with Crippen LogP contribution in [-0.2, 0) is 6.18 Å². The molecule has 1 heterocycles. The van der Waals surface area contributed by atoms with Crippen LogP contribution in [-0.4, -0.2) is 15.0 Å². The Balaban J connectivity index is 2.03. The number of alkyl halides is 3. The van der Waals surface area contributed by atoms with Gasteiger partial charge in [-0.15, -0.1) is 0 Å². The molecule has 0 aliphatic heterocycles. The molecule has 31 heavy (non-hydrogen) atoms. The normalized spacial score (nSPS) is 12.1. The smallest absolute Gasteiger partial charge is 0.416 e. The first-order valence-corrected chi connectivity index (χ1v) is 9.21. The molecule has 0 radical (unpaired) electrons. The Morgan fingerprint density at radius 3 is 2.26 bits per heavy atom. The van der Waals surface area contributed by atoms with Gasteiger partial charge in [-0.05, 0) is 30.3 Å². The van der Waals surface area contributed by atoms with E-state index in [4.69, 9.17) is 12.2 Å². The minimum Gasteiger partial charge on any atom is -0.502 e. The second-order valence-electron chi connectivity index (χ2n) is 6.32. The molecule has 0 fully saturated rings. The predicted molar refractivity (Wildman–Crippen MR) is 113 cm³/mol. The molecule has 0 atom stereocenters. The SMILES string of the molecule is O=[N+]([O-])c1ccc(/C(O)=C(/C(=S)Nc2cccc(C(F)(F)F)c2)[n+]2ccccc2)cc1. The molecule has 0 saturated carbocycles. The van der Waals surface area contributed by atoms with Crippen LogP contribution in [0.15, 0.2) is 79.1 Å². The van der Waals surface area contributed by atoms with Crippen molar-refractivity contribution >= 4 is 40.0 Å². The number of aliphatic hydroxyl groups excluding tert-OH is 1. The Morgan fingerprint density at radius 2 is 1.68 bits per heavy atom. The van der Waals surface area contributed by atoms with Gasteiger partial charge in [0.2, 0.25) is 0 Å². The lowest BCUT2D eigenvalue weighted by Crippen LogP contribution is -2.38. The monoisotopic (exact) mass is 446 g/mol. The van der Waals surface area contributed by atoms with Gasteiger partial charge in [-0.3, -0.25) is 10.1 Å². The van der Waals surface area contributed by atoms with Crippen LogP contribution >= 0.6 is 12.2 Å². The highest BCUT2D eigenvalue weighted by Gasteiger charge is 2.31. The topological polar surface area (TPSA) is 79.3 Å². The van der Waals surface area contributed by atoms with Crippen molar-refractivity contribution in [3.63, 3.8) is 0 Å². The summed E-state index contributed by atoms with van der Waals surface area (Å²) in [5, 5.41) is 24.5. The third-order valence-corrected chi connectivity index (χ3v) is 4.51. The first-order valence-electron chi connectivity index (χ1n) is 8.80. The van der Waals surface area contributed by atoms with E-state index in [0.717, 1.165) is 12.1 Å². The Morgan fingerprint density at radius 1 is 1.03 bits per heavy atom. The van der Waals surface area contributed by atoms with E-state index < -0.39 is 16.7 Å². The lowest BCUT2D eigenvalue weighted by molar-refractivity contribution is -0.575. The summed E-state index contributed by atoms with van der Waals surface area (Å²) in [6.45, 7) is 0. The zero-order valence-electron chi connectivity index (χ0n) is 15.7. The maximum absolute atomic E-state index is 13.0. The first kappa shape index (κ1) is 21.9. The number of benzene rings is 2. The van der Waals surface area contributed by atoms with E-state index in [9.17, 15) is 28.4 Å². The second-order valence-corrected chi connectivity index (χ2v) is 6.72. The first-order chi connectivity index (χ1) is 14.7. The van der Waals surface area contributed by atoms with Crippen molar-refractivity contribution in [1.82, 2.24) is 0 Å². The van der Waals surface area contributed by atoms with Gasteiger partial charge in [0.05, 0.1) is 10.5 Å². The molecular weight excluding hydrogens is 431 g/mol. The van der Waals surface area contributed by atoms with Gasteiger partial charge in [-0.2, -0.15) is 17.7 Å². The van der Waals surface area contributed by atoms with Crippen molar-refractivity contribution in [3.05, 3.63) is 100 Å². The summed E-state index contributed by atoms with van der Waals surface area (Å²) >= 11 is 5.38. The Kier molecular flexibility index (Phi) is 6.30. The number of halogens is 3. The summed E-state index contributed by atoms with van der Waals surface area (Å²) < 4.78 is 40.5. The van der Waals surface area contributed by atoms with E-state index in [1.54, 1.807) is 30.6 Å². The Bertz CT molecular complexity index is 1150. The molecule has 0 amide bonds. The van der Waals surface area contributed by atoms with Crippen molar-refractivity contribution in [2.75, 3.05) is 5.32 Å². The highest BCUT2D eigenvalue weighted by atomic mass is 32.1. The number of nitrogens with one attached hydrogen (secondary N) is 1. The molecule has 0 saturated heterocycles. The quantitative estimate of drug-likeness (QED) is 0.140. The molecule has 0 spiro atoms. The average Bonchev–Trinajstić information content (AvgIpc) is 2.74. The lowest BCUT2D eigenvalue weighted by Gasteiger charge is -2.12. The van der Waals surface area contributed by atoms with Gasteiger partial charge in [-0.25, -0.2) is 0 Å². The number of hydrogen-bond donors (Lipinski definition) is 2. The number of nitro groups is 1. The van der Waals surface area contributed by atoms with Gasteiger partial charge in [0, 0.05) is 35.5 Å². The van der Waals surface area contributed by atoms with Crippen molar-refractivity contribution < 1.29 is 27.8 Å². The summed E-state index contributed by atoms with van der Waals surface area (Å²) in [7, 11) is 0. The number of hydrogen-bond acceptors (Lipinski definition) is 4. The van der Waals surface area contributed by atoms with E-state index in [-0.39, 0.29) is 33.4 Å². The van der Waals surface area contributed by atoms with E-state index in [2.05, 4.69) is 5.32 Å². The van der Waals surface area contributed by atoms with E-state index >= 15 is 0 Å². The molecule has 1 aromatic heterocycles. The summed E-state index contributed by atoms with van der Waals surface area (Å²) in [6, 6.07) is 14.7. The molecule has 2 N–H and O–H groups in total. The zero-order valence-corrected chi connectivity index (χ0v) is 16.5. The third-order valence-electron chi connectivity index (χ3n) is 4.21. The molecule has 10 heteroatoms. The number of rotatable bonds is 5. The summed E-state index contributed by atoms with van der Waals surface area (Å²) in [5.41, 5.74) is -0.592. The van der Waals surface area contributed by atoms with Crippen LogP contribution in [0.5, 0.6) is 0 Å². The van der Waals surface area contributed by atoms with Crippen LogP contribution in [0, 0.1) is 10.1 Å². The molecule has 6 nitrogen and oxygen atoms in total.